The van der Waals surface area contributed by atoms with Crippen molar-refractivity contribution in [1.29, 1.82) is 0 Å². The van der Waals surface area contributed by atoms with Gasteiger partial charge in [-0.15, -0.1) is 0 Å². The first kappa shape index (κ1) is 16.8. The molecule has 1 saturated heterocycles. The van der Waals surface area contributed by atoms with Crippen molar-refractivity contribution < 1.29 is 14.0 Å². The monoisotopic (exact) mass is 394 g/mol. The minimum Gasteiger partial charge on any atom is -0.459 e. The Labute approximate surface area is 148 Å². The molecule has 0 radical (unpaired) electrons. The number of aromatic nitrogens is 2. The van der Waals surface area contributed by atoms with Crippen molar-refractivity contribution in [3.63, 3.8) is 0 Å². The molecule has 0 atom stereocenters. The summed E-state index contributed by atoms with van der Waals surface area (Å²) in [5, 5.41) is 4.37. The zero-order valence-electron chi connectivity index (χ0n) is 13.7. The van der Waals surface area contributed by atoms with Gasteiger partial charge in [-0.1, -0.05) is 0 Å². The Hall–Kier alpha value is -2.09. The van der Waals surface area contributed by atoms with E-state index in [1.807, 2.05) is 13.8 Å². The topological polar surface area (TPSA) is 71.6 Å². The van der Waals surface area contributed by atoms with E-state index >= 15 is 0 Å². The Morgan fingerprint density at radius 1 is 1.21 bits per heavy atom. The number of carbonyl (C=O) groups is 2. The number of halogens is 1. The smallest absolute Gasteiger partial charge is 0.289 e. The molecule has 1 aliphatic heterocycles. The van der Waals surface area contributed by atoms with Crippen LogP contribution in [0.4, 0.5) is 0 Å². The molecule has 3 heterocycles. The summed E-state index contributed by atoms with van der Waals surface area (Å²) < 4.78 is 7.79. The van der Waals surface area contributed by atoms with Gasteiger partial charge in [-0.05, 0) is 41.9 Å². The molecule has 128 valence electrons. The third-order valence-corrected chi connectivity index (χ3v) is 5.38. The Morgan fingerprint density at radius 2 is 1.88 bits per heavy atom. The van der Waals surface area contributed by atoms with Gasteiger partial charge < -0.3 is 14.2 Å². The summed E-state index contributed by atoms with van der Waals surface area (Å²) in [6, 6.07) is 3.35. The van der Waals surface area contributed by atoms with Crippen LogP contribution < -0.4 is 0 Å². The van der Waals surface area contributed by atoms with Crippen LogP contribution in [0.2, 0.25) is 0 Å². The van der Waals surface area contributed by atoms with Crippen molar-refractivity contribution in [2.75, 3.05) is 26.2 Å². The first-order chi connectivity index (χ1) is 11.5. The van der Waals surface area contributed by atoms with E-state index in [1.54, 1.807) is 26.6 Å². The van der Waals surface area contributed by atoms with Gasteiger partial charge in [0.05, 0.1) is 22.1 Å². The Bertz CT molecular complexity index is 746. The molecule has 0 aromatic carbocycles. The maximum Gasteiger partial charge on any atom is 0.289 e. The lowest BCUT2D eigenvalue weighted by molar-refractivity contribution is -0.133. The average Bonchev–Trinajstić information content (AvgIpc) is 3.20. The highest BCUT2D eigenvalue weighted by molar-refractivity contribution is 9.10. The van der Waals surface area contributed by atoms with Gasteiger partial charge in [0.25, 0.3) is 5.91 Å². The largest absolute Gasteiger partial charge is 0.459 e. The van der Waals surface area contributed by atoms with Crippen LogP contribution in [0.3, 0.4) is 0 Å². The maximum absolute atomic E-state index is 12.5. The minimum absolute atomic E-state index is 0.0122. The van der Waals surface area contributed by atoms with E-state index in [0.29, 0.717) is 31.9 Å². The Balaban J connectivity index is 1.57. The zero-order valence-corrected chi connectivity index (χ0v) is 15.2. The highest BCUT2D eigenvalue weighted by atomic mass is 79.9. The summed E-state index contributed by atoms with van der Waals surface area (Å²) in [5.74, 6) is 0.218. The van der Waals surface area contributed by atoms with Gasteiger partial charge in [0.2, 0.25) is 5.91 Å². The fourth-order valence-electron chi connectivity index (χ4n) is 2.77. The molecule has 0 bridgehead atoms. The first-order valence-electron chi connectivity index (χ1n) is 7.77. The van der Waals surface area contributed by atoms with E-state index in [1.165, 1.54) is 6.26 Å². The predicted molar refractivity (Wildman–Crippen MR) is 90.6 cm³/mol. The lowest BCUT2D eigenvalue weighted by atomic mass is 10.2. The molecule has 0 saturated carbocycles. The molecule has 8 heteroatoms. The Morgan fingerprint density at radius 3 is 2.42 bits per heavy atom. The van der Waals surface area contributed by atoms with Crippen molar-refractivity contribution in [2.45, 2.75) is 20.4 Å². The summed E-state index contributed by atoms with van der Waals surface area (Å²) in [5.41, 5.74) is 1.81. The Kier molecular flexibility index (Phi) is 4.75. The molecule has 1 aliphatic rings. The predicted octanol–water partition coefficient (Wildman–Crippen LogP) is 1.84. The zero-order chi connectivity index (χ0) is 17.3. The summed E-state index contributed by atoms with van der Waals surface area (Å²) >= 11 is 3.47. The van der Waals surface area contributed by atoms with E-state index in [0.717, 1.165) is 15.9 Å². The van der Waals surface area contributed by atoms with Crippen molar-refractivity contribution in [3.8, 4) is 0 Å². The van der Waals surface area contributed by atoms with Gasteiger partial charge >= 0.3 is 0 Å². The molecule has 2 aromatic heterocycles. The second kappa shape index (κ2) is 6.80. The molecule has 0 spiro atoms. The number of hydrogen-bond donors (Lipinski definition) is 0. The van der Waals surface area contributed by atoms with E-state index < -0.39 is 0 Å². The molecule has 0 N–H and O–H groups in total. The summed E-state index contributed by atoms with van der Waals surface area (Å²) in [6.45, 7) is 6.09. The van der Waals surface area contributed by atoms with Crippen LogP contribution in [0.25, 0.3) is 0 Å². The van der Waals surface area contributed by atoms with Crippen LogP contribution >= 0.6 is 15.9 Å². The van der Waals surface area contributed by atoms with Crippen LogP contribution in [0.5, 0.6) is 0 Å². The number of hydrogen-bond acceptors (Lipinski definition) is 4. The SMILES string of the molecule is Cc1nn(CC(=O)N2CCN(C(=O)c3ccco3)CC2)c(C)c1Br. The van der Waals surface area contributed by atoms with Gasteiger partial charge in [0.15, 0.2) is 5.76 Å². The lowest BCUT2D eigenvalue weighted by Crippen LogP contribution is -2.51. The summed E-state index contributed by atoms with van der Waals surface area (Å²) in [4.78, 5) is 28.2. The van der Waals surface area contributed by atoms with E-state index in [-0.39, 0.29) is 18.4 Å². The molecule has 2 aromatic rings. The molecule has 0 aliphatic carbocycles. The normalized spacial score (nSPS) is 15.0. The van der Waals surface area contributed by atoms with Gasteiger partial charge in [-0.25, -0.2) is 0 Å². The first-order valence-corrected chi connectivity index (χ1v) is 8.56. The number of nitrogens with zero attached hydrogens (tertiary/aromatic N) is 4. The molecule has 24 heavy (non-hydrogen) atoms. The lowest BCUT2D eigenvalue weighted by Gasteiger charge is -2.34. The quantitative estimate of drug-likeness (QED) is 0.795. The van der Waals surface area contributed by atoms with E-state index in [4.69, 9.17) is 4.42 Å². The van der Waals surface area contributed by atoms with Gasteiger partial charge in [-0.2, -0.15) is 5.10 Å². The highest BCUT2D eigenvalue weighted by Crippen LogP contribution is 2.20. The minimum atomic E-state index is -0.130. The maximum atomic E-state index is 12.5. The standard InChI is InChI=1S/C16H19BrN4O3/c1-11-15(17)12(2)21(18-11)10-14(22)19-5-7-20(8-6-19)16(23)13-4-3-9-24-13/h3-4,9H,5-8,10H2,1-2H3. The summed E-state index contributed by atoms with van der Waals surface area (Å²) in [6.07, 6.45) is 1.49. The van der Waals surface area contributed by atoms with Gasteiger partial charge in [0, 0.05) is 26.2 Å². The van der Waals surface area contributed by atoms with Crippen molar-refractivity contribution in [2.24, 2.45) is 0 Å². The number of amides is 2. The number of furan rings is 1. The van der Waals surface area contributed by atoms with Crippen molar-refractivity contribution in [1.82, 2.24) is 19.6 Å². The highest BCUT2D eigenvalue weighted by Gasteiger charge is 2.26. The van der Waals surface area contributed by atoms with Crippen LogP contribution in [0.1, 0.15) is 21.9 Å². The van der Waals surface area contributed by atoms with Crippen LogP contribution in [-0.4, -0.2) is 57.6 Å². The number of piperazine rings is 1. The number of aryl methyl sites for hydroxylation is 1. The van der Waals surface area contributed by atoms with Crippen LogP contribution in [0, 0.1) is 13.8 Å². The second-order valence-corrected chi connectivity index (χ2v) is 6.59. The number of carbonyl (C=O) groups excluding carboxylic acids is 2. The van der Waals surface area contributed by atoms with Crippen LogP contribution in [-0.2, 0) is 11.3 Å². The molecular formula is C16H19BrN4O3. The third kappa shape index (κ3) is 3.24. The van der Waals surface area contributed by atoms with Crippen molar-refractivity contribution >= 4 is 27.7 Å². The second-order valence-electron chi connectivity index (χ2n) is 5.79. The molecule has 0 unspecified atom stereocenters. The summed E-state index contributed by atoms with van der Waals surface area (Å²) in [7, 11) is 0. The van der Waals surface area contributed by atoms with Gasteiger partial charge in [-0.3, -0.25) is 14.3 Å². The number of rotatable bonds is 3. The molecule has 1 fully saturated rings. The molecule has 7 nitrogen and oxygen atoms in total. The van der Waals surface area contributed by atoms with E-state index in [9.17, 15) is 9.59 Å². The average molecular weight is 395 g/mol. The van der Waals surface area contributed by atoms with Gasteiger partial charge in [0.1, 0.15) is 6.54 Å². The fourth-order valence-corrected chi connectivity index (χ4v) is 3.06. The van der Waals surface area contributed by atoms with Crippen molar-refractivity contribution in [3.05, 3.63) is 40.0 Å². The third-order valence-electron chi connectivity index (χ3n) is 4.23. The van der Waals surface area contributed by atoms with E-state index in [2.05, 4.69) is 21.0 Å². The van der Waals surface area contributed by atoms with Crippen LogP contribution in [0.15, 0.2) is 27.3 Å². The molecule has 3 rings (SSSR count). The molecule has 2 amide bonds. The molecular weight excluding hydrogens is 376 g/mol. The fraction of sp³-hybridized carbons (Fsp3) is 0.438.